The van der Waals surface area contributed by atoms with Crippen LogP contribution in [0.2, 0.25) is 0 Å². The highest BCUT2D eigenvalue weighted by Gasteiger charge is 2.26. The van der Waals surface area contributed by atoms with Crippen LogP contribution < -0.4 is 10.6 Å². The second-order valence-electron chi connectivity index (χ2n) is 7.80. The van der Waals surface area contributed by atoms with E-state index in [4.69, 9.17) is 0 Å². The van der Waals surface area contributed by atoms with E-state index in [1.165, 1.54) is 24.6 Å². The number of anilines is 4. The molecule has 4 aromatic rings. The van der Waals surface area contributed by atoms with Crippen molar-refractivity contribution in [3.63, 3.8) is 0 Å². The minimum absolute atomic E-state index is 0.379. The highest BCUT2D eigenvalue weighted by atomic mass is 32.2. The molecule has 32 heavy (non-hydrogen) atoms. The summed E-state index contributed by atoms with van der Waals surface area (Å²) in [4.78, 5) is 8.92. The topological polar surface area (TPSA) is 108 Å². The van der Waals surface area contributed by atoms with Crippen LogP contribution in [0.25, 0.3) is 5.65 Å². The van der Waals surface area contributed by atoms with E-state index in [1.54, 1.807) is 17.0 Å². The van der Waals surface area contributed by atoms with Crippen LogP contribution in [0.5, 0.6) is 0 Å². The van der Waals surface area contributed by atoms with Crippen LogP contribution in [-0.2, 0) is 16.6 Å². The third-order valence-electron chi connectivity index (χ3n) is 5.30. The Bertz CT molecular complexity index is 1360. The molecule has 0 amide bonds. The van der Waals surface area contributed by atoms with Crippen LogP contribution >= 0.6 is 0 Å². The Morgan fingerprint density at radius 1 is 1.19 bits per heavy atom. The Morgan fingerprint density at radius 3 is 2.78 bits per heavy atom. The first kappa shape index (κ1) is 20.2. The second kappa shape index (κ2) is 8.40. The van der Waals surface area contributed by atoms with Gasteiger partial charge in [-0.15, -0.1) is 0 Å². The van der Waals surface area contributed by atoms with Crippen LogP contribution in [0.4, 0.5) is 23.1 Å². The van der Waals surface area contributed by atoms with Crippen molar-refractivity contribution in [3.05, 3.63) is 71.5 Å². The molecule has 3 heterocycles. The third-order valence-corrected chi connectivity index (χ3v) is 6.02. The van der Waals surface area contributed by atoms with Gasteiger partial charge in [-0.1, -0.05) is 12.1 Å². The molecule has 1 fully saturated rings. The Labute approximate surface area is 187 Å². The quantitative estimate of drug-likeness (QED) is 0.440. The lowest BCUT2D eigenvalue weighted by Crippen LogP contribution is -2.05. The van der Waals surface area contributed by atoms with E-state index < -0.39 is 10.8 Å². The predicted molar refractivity (Wildman–Crippen MR) is 125 cm³/mol. The molecule has 1 aliphatic carbocycles. The maximum Gasteiger partial charge on any atom is 0.177 e. The van der Waals surface area contributed by atoms with Crippen LogP contribution in [-0.4, -0.2) is 30.0 Å². The zero-order chi connectivity index (χ0) is 22.1. The summed E-state index contributed by atoms with van der Waals surface area (Å²) in [6, 6.07) is 15.7. The summed E-state index contributed by atoms with van der Waals surface area (Å²) >= 11 is 0. The number of rotatable bonds is 7. The van der Waals surface area contributed by atoms with Crippen molar-refractivity contribution in [3.8, 4) is 6.07 Å². The van der Waals surface area contributed by atoms with Crippen molar-refractivity contribution in [2.45, 2.75) is 24.5 Å². The summed E-state index contributed by atoms with van der Waals surface area (Å²) in [6.45, 7) is 0. The molecule has 1 unspecified atom stereocenters. The molecule has 0 radical (unpaired) electrons. The zero-order valence-electron chi connectivity index (χ0n) is 17.4. The monoisotopic (exact) mass is 443 g/mol. The summed E-state index contributed by atoms with van der Waals surface area (Å²) in [7, 11) is -0.922. The molecule has 1 atom stereocenters. The van der Waals surface area contributed by atoms with E-state index >= 15 is 0 Å². The molecule has 0 saturated heterocycles. The average molecular weight is 444 g/mol. The lowest BCUT2D eigenvalue weighted by molar-refractivity contribution is 0.686. The number of pyridine rings is 1. The minimum atomic E-state index is -0.922. The van der Waals surface area contributed by atoms with Crippen molar-refractivity contribution in [1.29, 1.82) is 5.26 Å². The van der Waals surface area contributed by atoms with Crippen molar-refractivity contribution < 1.29 is 4.21 Å². The fraction of sp³-hybridized carbons (Fsp3) is 0.217. The predicted octanol–water partition coefficient (Wildman–Crippen LogP) is 4.24. The molecular weight excluding hydrogens is 422 g/mol. The standard InChI is InChI=1S/C23H21N7OS/c1-32(31)14-16-10-18(7-8-19(16)15-5-6-15)27-21-11-22(28-20-4-2-3-9-25-20)30-23(29-21)17(12-24)13-26-30/h2-4,7-11,13,15H,5-6,14H2,1H3,(H,25,28)(H,27,29). The summed E-state index contributed by atoms with van der Waals surface area (Å²) in [5.74, 6) is 2.96. The van der Waals surface area contributed by atoms with Crippen LogP contribution in [0.1, 0.15) is 35.4 Å². The molecule has 0 spiro atoms. The SMILES string of the molecule is CS(=O)Cc1cc(Nc2cc(Nc3ccccn3)n3ncc(C#N)c3n2)ccc1C1CC1. The normalized spacial score (nSPS) is 14.1. The number of hydrogen-bond donors (Lipinski definition) is 2. The zero-order valence-corrected chi connectivity index (χ0v) is 18.3. The molecule has 1 aliphatic rings. The van der Waals surface area contributed by atoms with Gasteiger partial charge in [-0.3, -0.25) is 4.21 Å². The van der Waals surface area contributed by atoms with Gasteiger partial charge in [0.15, 0.2) is 5.65 Å². The molecule has 2 N–H and O–H groups in total. The number of aromatic nitrogens is 4. The lowest BCUT2D eigenvalue weighted by atomic mass is 10.0. The third kappa shape index (κ3) is 4.18. The van der Waals surface area contributed by atoms with Crippen molar-refractivity contribution >= 4 is 39.6 Å². The van der Waals surface area contributed by atoms with Gasteiger partial charge in [0.1, 0.15) is 29.1 Å². The molecule has 5 rings (SSSR count). The van der Waals surface area contributed by atoms with Gasteiger partial charge in [-0.25, -0.2) is 9.97 Å². The highest BCUT2D eigenvalue weighted by molar-refractivity contribution is 7.83. The van der Waals surface area contributed by atoms with E-state index in [-0.39, 0.29) is 0 Å². The van der Waals surface area contributed by atoms with Gasteiger partial charge < -0.3 is 10.6 Å². The van der Waals surface area contributed by atoms with Crippen molar-refractivity contribution in [1.82, 2.24) is 19.6 Å². The molecule has 9 heteroatoms. The van der Waals surface area contributed by atoms with E-state index in [0.717, 1.165) is 11.3 Å². The smallest absolute Gasteiger partial charge is 0.177 e. The van der Waals surface area contributed by atoms with E-state index in [0.29, 0.717) is 40.3 Å². The highest BCUT2D eigenvalue weighted by Crippen LogP contribution is 2.42. The molecule has 0 bridgehead atoms. The second-order valence-corrected chi connectivity index (χ2v) is 9.24. The summed E-state index contributed by atoms with van der Waals surface area (Å²) in [5, 5.41) is 20.4. The molecular formula is C23H21N7OS. The lowest BCUT2D eigenvalue weighted by Gasteiger charge is -2.14. The first-order valence-corrected chi connectivity index (χ1v) is 12.0. The Kier molecular flexibility index (Phi) is 5.29. The fourth-order valence-corrected chi connectivity index (χ4v) is 4.42. The van der Waals surface area contributed by atoms with E-state index in [9.17, 15) is 9.47 Å². The van der Waals surface area contributed by atoms with Crippen LogP contribution in [0, 0.1) is 11.3 Å². The largest absolute Gasteiger partial charge is 0.340 e. The molecule has 8 nitrogen and oxygen atoms in total. The number of fused-ring (bicyclic) bond motifs is 1. The number of nitrogens with one attached hydrogen (secondary N) is 2. The number of nitrogens with zero attached hydrogens (tertiary/aromatic N) is 5. The molecule has 160 valence electrons. The fourth-order valence-electron chi connectivity index (χ4n) is 3.73. The molecule has 3 aromatic heterocycles. The van der Waals surface area contributed by atoms with Gasteiger partial charge >= 0.3 is 0 Å². The summed E-state index contributed by atoms with van der Waals surface area (Å²) < 4.78 is 13.5. The Hall–Kier alpha value is -3.77. The van der Waals surface area contributed by atoms with Gasteiger partial charge in [0.05, 0.1) is 6.20 Å². The van der Waals surface area contributed by atoms with Crippen molar-refractivity contribution in [2.24, 2.45) is 0 Å². The molecule has 1 aromatic carbocycles. The number of nitriles is 1. The van der Waals surface area contributed by atoms with Gasteiger partial charge in [-0.2, -0.15) is 14.9 Å². The molecule has 1 saturated carbocycles. The number of benzene rings is 1. The van der Waals surface area contributed by atoms with E-state index in [2.05, 4.69) is 37.8 Å². The first-order valence-electron chi connectivity index (χ1n) is 10.3. The number of hydrogen-bond acceptors (Lipinski definition) is 7. The molecule has 0 aliphatic heterocycles. The summed E-state index contributed by atoms with van der Waals surface area (Å²) in [6.07, 6.45) is 7.30. The van der Waals surface area contributed by atoms with Gasteiger partial charge in [-0.05, 0) is 54.2 Å². The maximum atomic E-state index is 11.9. The summed E-state index contributed by atoms with van der Waals surface area (Å²) in [5.41, 5.74) is 4.07. The van der Waals surface area contributed by atoms with Gasteiger partial charge in [0.2, 0.25) is 0 Å². The average Bonchev–Trinajstić information content (AvgIpc) is 3.53. The van der Waals surface area contributed by atoms with Crippen LogP contribution in [0.15, 0.2) is 54.9 Å². The minimum Gasteiger partial charge on any atom is -0.340 e. The van der Waals surface area contributed by atoms with Gasteiger partial charge in [0, 0.05) is 40.8 Å². The Morgan fingerprint density at radius 2 is 2.06 bits per heavy atom. The first-order chi connectivity index (χ1) is 15.6. The van der Waals surface area contributed by atoms with Crippen LogP contribution in [0.3, 0.4) is 0 Å². The Balaban J connectivity index is 1.52. The van der Waals surface area contributed by atoms with Gasteiger partial charge in [0.25, 0.3) is 0 Å². The maximum absolute atomic E-state index is 11.9. The van der Waals surface area contributed by atoms with E-state index in [1.807, 2.05) is 36.4 Å². The van der Waals surface area contributed by atoms with Crippen molar-refractivity contribution in [2.75, 3.05) is 16.9 Å².